The van der Waals surface area contributed by atoms with Gasteiger partial charge in [0.05, 0.1) is 6.54 Å². The Labute approximate surface area is 110 Å². The molecule has 1 N–H and O–H groups in total. The Morgan fingerprint density at radius 3 is 3.00 bits per heavy atom. The first-order chi connectivity index (χ1) is 8.70. The fourth-order valence-electron chi connectivity index (χ4n) is 1.71. The summed E-state index contributed by atoms with van der Waals surface area (Å²) in [6, 6.07) is 7.39. The molecule has 0 unspecified atom stereocenters. The summed E-state index contributed by atoms with van der Waals surface area (Å²) in [6.07, 6.45) is -0.336. The van der Waals surface area contributed by atoms with Gasteiger partial charge in [0.1, 0.15) is 12.5 Å². The van der Waals surface area contributed by atoms with E-state index in [1.165, 1.54) is 0 Å². The van der Waals surface area contributed by atoms with Gasteiger partial charge < -0.3 is 10.1 Å². The maximum Gasteiger partial charge on any atom is 0.414 e. The van der Waals surface area contributed by atoms with E-state index in [1.54, 1.807) is 4.90 Å². The van der Waals surface area contributed by atoms with Crippen LogP contribution in [-0.4, -0.2) is 31.0 Å². The molecule has 1 saturated heterocycles. The molecule has 6 heteroatoms. The number of amides is 2. The predicted octanol–water partition coefficient (Wildman–Crippen LogP) is 1.50. The zero-order valence-electron chi connectivity index (χ0n) is 9.69. The van der Waals surface area contributed by atoms with Crippen LogP contribution in [-0.2, 0) is 16.1 Å². The van der Waals surface area contributed by atoms with Crippen LogP contribution in [0.4, 0.5) is 10.5 Å². The third-order valence-electron chi connectivity index (χ3n) is 2.59. The fourth-order valence-corrected chi connectivity index (χ4v) is 1.80. The average molecular weight is 269 g/mol. The van der Waals surface area contributed by atoms with Gasteiger partial charge in [-0.2, -0.15) is 0 Å². The van der Waals surface area contributed by atoms with Crippen molar-refractivity contribution in [3.63, 3.8) is 0 Å². The molecule has 2 amide bonds. The van der Waals surface area contributed by atoms with Crippen LogP contribution in [0.15, 0.2) is 24.3 Å². The van der Waals surface area contributed by atoms with Crippen molar-refractivity contribution in [2.24, 2.45) is 0 Å². The summed E-state index contributed by atoms with van der Waals surface area (Å²) in [5, 5.41) is 2.67. The molecule has 18 heavy (non-hydrogen) atoms. The lowest BCUT2D eigenvalue weighted by Gasteiger charge is -2.14. The summed E-state index contributed by atoms with van der Waals surface area (Å²) >= 11 is 5.39. The molecule has 96 valence electrons. The number of carbonyl (C=O) groups excluding carboxylic acids is 2. The van der Waals surface area contributed by atoms with Crippen molar-refractivity contribution in [1.29, 1.82) is 0 Å². The van der Waals surface area contributed by atoms with Crippen molar-refractivity contribution < 1.29 is 14.3 Å². The number of hydrogen-bond acceptors (Lipinski definition) is 3. The van der Waals surface area contributed by atoms with Gasteiger partial charge in [0, 0.05) is 12.2 Å². The molecule has 1 aliphatic rings. The Morgan fingerprint density at radius 1 is 1.50 bits per heavy atom. The average Bonchev–Trinajstić information content (AvgIpc) is 2.82. The van der Waals surface area contributed by atoms with Gasteiger partial charge in [0.25, 0.3) is 0 Å². The normalized spacial score (nSPS) is 14.5. The molecule has 0 spiro atoms. The largest absolute Gasteiger partial charge is 0.447 e. The molecule has 1 heterocycles. The monoisotopic (exact) mass is 268 g/mol. The third kappa shape index (κ3) is 2.92. The number of alkyl halides is 1. The zero-order valence-corrected chi connectivity index (χ0v) is 10.4. The molecular weight excluding hydrogens is 256 g/mol. The first-order valence-corrected chi connectivity index (χ1v) is 6.10. The van der Waals surface area contributed by atoms with Crippen molar-refractivity contribution in [2.75, 3.05) is 23.9 Å². The zero-order chi connectivity index (χ0) is 13.0. The molecule has 1 aromatic rings. The van der Waals surface area contributed by atoms with Gasteiger partial charge in [0.15, 0.2) is 0 Å². The first kappa shape index (κ1) is 12.7. The first-order valence-electron chi connectivity index (χ1n) is 5.56. The smallest absolute Gasteiger partial charge is 0.414 e. The van der Waals surface area contributed by atoms with Crippen LogP contribution in [0.25, 0.3) is 0 Å². The Kier molecular flexibility index (Phi) is 4.04. The topological polar surface area (TPSA) is 58.6 Å². The van der Waals surface area contributed by atoms with Crippen molar-refractivity contribution in [3.8, 4) is 0 Å². The Morgan fingerprint density at radius 2 is 2.33 bits per heavy atom. The number of nitrogens with one attached hydrogen (secondary N) is 1. The standard InChI is InChI=1S/C12H13ClN2O3/c13-7-11(16)14-8-9-2-1-3-10(6-9)15-4-5-18-12(15)17/h1-3,6H,4-5,7-8H2,(H,14,16). The molecule has 0 bridgehead atoms. The molecule has 0 aliphatic carbocycles. The molecule has 0 radical (unpaired) electrons. The molecule has 5 nitrogen and oxygen atoms in total. The molecule has 0 aromatic heterocycles. The van der Waals surface area contributed by atoms with Crippen molar-refractivity contribution in [2.45, 2.75) is 6.54 Å². The lowest BCUT2D eigenvalue weighted by molar-refractivity contribution is -0.118. The molecule has 1 fully saturated rings. The Bertz CT molecular complexity index is 464. The molecule has 1 aromatic carbocycles. The summed E-state index contributed by atoms with van der Waals surface area (Å²) in [5.74, 6) is -0.277. The number of ether oxygens (including phenoxy) is 1. The SMILES string of the molecule is O=C(CCl)NCc1cccc(N2CCOC2=O)c1. The number of halogens is 1. The molecule has 0 saturated carbocycles. The number of rotatable bonds is 4. The Hall–Kier alpha value is -1.75. The third-order valence-corrected chi connectivity index (χ3v) is 2.84. The van der Waals surface area contributed by atoms with E-state index in [0.29, 0.717) is 19.7 Å². The van der Waals surface area contributed by atoms with E-state index in [2.05, 4.69) is 5.32 Å². The summed E-state index contributed by atoms with van der Waals surface area (Å²) in [5.41, 5.74) is 1.68. The summed E-state index contributed by atoms with van der Waals surface area (Å²) in [7, 11) is 0. The van der Waals surface area contributed by atoms with Crippen LogP contribution >= 0.6 is 11.6 Å². The van der Waals surface area contributed by atoms with Crippen LogP contribution in [0.1, 0.15) is 5.56 Å². The maximum atomic E-state index is 11.4. The summed E-state index contributed by atoms with van der Waals surface area (Å²) in [4.78, 5) is 24.0. The minimum atomic E-state index is -0.336. The van der Waals surface area contributed by atoms with Crippen molar-refractivity contribution in [1.82, 2.24) is 5.32 Å². The van der Waals surface area contributed by atoms with Crippen LogP contribution in [0, 0.1) is 0 Å². The highest BCUT2D eigenvalue weighted by atomic mass is 35.5. The van der Waals surface area contributed by atoms with Gasteiger partial charge in [-0.15, -0.1) is 11.6 Å². The highest BCUT2D eigenvalue weighted by molar-refractivity contribution is 6.27. The summed E-state index contributed by atoms with van der Waals surface area (Å²) in [6.45, 7) is 1.35. The van der Waals surface area contributed by atoms with Crippen LogP contribution in [0.3, 0.4) is 0 Å². The highest BCUT2D eigenvalue weighted by Gasteiger charge is 2.23. The molecule has 2 rings (SSSR count). The van der Waals surface area contributed by atoms with E-state index in [0.717, 1.165) is 11.3 Å². The van der Waals surface area contributed by atoms with E-state index in [-0.39, 0.29) is 17.9 Å². The van der Waals surface area contributed by atoms with E-state index in [1.807, 2.05) is 24.3 Å². The van der Waals surface area contributed by atoms with E-state index < -0.39 is 0 Å². The highest BCUT2D eigenvalue weighted by Crippen LogP contribution is 2.19. The quantitative estimate of drug-likeness (QED) is 0.842. The van der Waals surface area contributed by atoms with E-state index in [9.17, 15) is 9.59 Å². The number of benzene rings is 1. The van der Waals surface area contributed by atoms with Crippen molar-refractivity contribution >= 4 is 29.3 Å². The minimum absolute atomic E-state index is 0.0574. The van der Waals surface area contributed by atoms with Gasteiger partial charge in [-0.3, -0.25) is 9.69 Å². The summed E-state index contributed by atoms with van der Waals surface area (Å²) < 4.78 is 4.88. The van der Waals surface area contributed by atoms with E-state index in [4.69, 9.17) is 16.3 Å². The molecular formula is C12H13ClN2O3. The number of nitrogens with zero attached hydrogens (tertiary/aromatic N) is 1. The molecule has 0 atom stereocenters. The van der Waals surface area contributed by atoms with Gasteiger partial charge >= 0.3 is 6.09 Å². The number of carbonyl (C=O) groups is 2. The minimum Gasteiger partial charge on any atom is -0.447 e. The van der Waals surface area contributed by atoms with Crippen LogP contribution < -0.4 is 10.2 Å². The number of anilines is 1. The van der Waals surface area contributed by atoms with E-state index >= 15 is 0 Å². The van der Waals surface area contributed by atoms with Crippen LogP contribution in [0.2, 0.25) is 0 Å². The number of hydrogen-bond donors (Lipinski definition) is 1. The van der Waals surface area contributed by atoms with Gasteiger partial charge in [-0.25, -0.2) is 4.79 Å². The second-order valence-electron chi connectivity index (χ2n) is 3.85. The fraction of sp³-hybridized carbons (Fsp3) is 0.333. The Balaban J connectivity index is 2.05. The van der Waals surface area contributed by atoms with Gasteiger partial charge in [-0.1, -0.05) is 12.1 Å². The maximum absolute atomic E-state index is 11.4. The second-order valence-corrected chi connectivity index (χ2v) is 4.11. The lowest BCUT2D eigenvalue weighted by Crippen LogP contribution is -2.25. The predicted molar refractivity (Wildman–Crippen MR) is 67.7 cm³/mol. The van der Waals surface area contributed by atoms with Gasteiger partial charge in [-0.05, 0) is 17.7 Å². The molecule has 1 aliphatic heterocycles. The van der Waals surface area contributed by atoms with Gasteiger partial charge in [0.2, 0.25) is 5.91 Å². The lowest BCUT2D eigenvalue weighted by atomic mass is 10.2. The van der Waals surface area contributed by atoms with Crippen LogP contribution in [0.5, 0.6) is 0 Å². The van der Waals surface area contributed by atoms with Crippen molar-refractivity contribution in [3.05, 3.63) is 29.8 Å². The second kappa shape index (κ2) is 5.73. The number of cyclic esters (lactones) is 1.